The summed E-state index contributed by atoms with van der Waals surface area (Å²) in [5.74, 6) is 0.272. The highest BCUT2D eigenvalue weighted by Crippen LogP contribution is 2.29. The van der Waals surface area contributed by atoms with Gasteiger partial charge in [-0.3, -0.25) is 9.48 Å². The SMILES string of the molecule is COCCOCCn1cc(NC(=O)c2ccc(C3C=NN=C3)o2)c(-c2nccs2)n1. The summed E-state index contributed by atoms with van der Waals surface area (Å²) in [6.45, 7) is 2.05. The summed E-state index contributed by atoms with van der Waals surface area (Å²) in [5.41, 5.74) is 1.14. The van der Waals surface area contributed by atoms with Crippen molar-refractivity contribution in [1.29, 1.82) is 0 Å². The molecule has 10 nitrogen and oxygen atoms in total. The summed E-state index contributed by atoms with van der Waals surface area (Å²) in [6, 6.07) is 3.37. The molecule has 3 aromatic heterocycles. The predicted molar refractivity (Wildman–Crippen MR) is 112 cm³/mol. The summed E-state index contributed by atoms with van der Waals surface area (Å²) in [6.07, 6.45) is 6.76. The molecule has 0 fully saturated rings. The molecular weight excluding hydrogens is 408 g/mol. The van der Waals surface area contributed by atoms with Gasteiger partial charge >= 0.3 is 0 Å². The molecule has 0 saturated carbocycles. The zero-order chi connectivity index (χ0) is 20.8. The number of carbonyl (C=O) groups is 1. The van der Waals surface area contributed by atoms with Crippen LogP contribution in [0.15, 0.2) is 44.5 Å². The smallest absolute Gasteiger partial charge is 0.291 e. The number of rotatable bonds is 10. The van der Waals surface area contributed by atoms with Gasteiger partial charge in [-0.15, -0.1) is 11.3 Å². The van der Waals surface area contributed by atoms with Crippen molar-refractivity contribution in [2.45, 2.75) is 12.5 Å². The van der Waals surface area contributed by atoms with Crippen LogP contribution in [0.3, 0.4) is 0 Å². The normalized spacial score (nSPS) is 13.4. The van der Waals surface area contributed by atoms with Gasteiger partial charge in [0.2, 0.25) is 0 Å². The molecule has 0 aromatic carbocycles. The van der Waals surface area contributed by atoms with Crippen molar-refractivity contribution in [3.05, 3.63) is 41.4 Å². The van der Waals surface area contributed by atoms with Gasteiger partial charge in [-0.05, 0) is 12.1 Å². The maximum Gasteiger partial charge on any atom is 0.291 e. The van der Waals surface area contributed by atoms with Gasteiger partial charge in [0.1, 0.15) is 16.5 Å². The number of aromatic nitrogens is 3. The minimum Gasteiger partial charge on any atom is -0.455 e. The van der Waals surface area contributed by atoms with E-state index in [4.69, 9.17) is 13.9 Å². The first-order valence-corrected chi connectivity index (χ1v) is 10.1. The molecule has 3 aromatic rings. The summed E-state index contributed by atoms with van der Waals surface area (Å²) in [4.78, 5) is 17.0. The van der Waals surface area contributed by atoms with Crippen LogP contribution in [0.5, 0.6) is 0 Å². The Kier molecular flexibility index (Phi) is 6.42. The molecule has 4 rings (SSSR count). The van der Waals surface area contributed by atoms with E-state index in [0.717, 1.165) is 0 Å². The number of thiazole rings is 1. The third-order valence-electron chi connectivity index (χ3n) is 4.24. The lowest BCUT2D eigenvalue weighted by molar-refractivity contribution is 0.0654. The molecule has 1 aliphatic rings. The van der Waals surface area contributed by atoms with E-state index in [2.05, 4.69) is 25.6 Å². The molecule has 1 N–H and O–H groups in total. The molecule has 11 heteroatoms. The van der Waals surface area contributed by atoms with Gasteiger partial charge in [0.15, 0.2) is 5.76 Å². The number of nitrogens with one attached hydrogen (secondary N) is 1. The number of furan rings is 1. The van der Waals surface area contributed by atoms with Crippen LogP contribution < -0.4 is 5.32 Å². The van der Waals surface area contributed by atoms with Crippen LogP contribution in [-0.2, 0) is 16.0 Å². The fourth-order valence-electron chi connectivity index (χ4n) is 2.77. The first kappa shape index (κ1) is 20.1. The number of carbonyl (C=O) groups excluding carboxylic acids is 1. The van der Waals surface area contributed by atoms with Gasteiger partial charge in [0.05, 0.1) is 38.0 Å². The number of hydrogen-bond donors (Lipinski definition) is 1. The molecule has 0 spiro atoms. The maximum atomic E-state index is 12.7. The number of nitrogens with zero attached hydrogens (tertiary/aromatic N) is 5. The van der Waals surface area contributed by atoms with Crippen molar-refractivity contribution in [3.8, 4) is 10.7 Å². The average molecular weight is 428 g/mol. The maximum absolute atomic E-state index is 12.7. The second-order valence-corrected chi connectivity index (χ2v) is 7.20. The zero-order valence-corrected chi connectivity index (χ0v) is 17.0. The lowest BCUT2D eigenvalue weighted by Crippen LogP contribution is -2.11. The Morgan fingerprint density at radius 1 is 1.27 bits per heavy atom. The molecule has 0 aliphatic carbocycles. The lowest BCUT2D eigenvalue weighted by Gasteiger charge is -2.03. The quantitative estimate of drug-likeness (QED) is 0.496. The zero-order valence-electron chi connectivity index (χ0n) is 16.2. The second-order valence-electron chi connectivity index (χ2n) is 6.31. The molecule has 156 valence electrons. The van der Waals surface area contributed by atoms with Gasteiger partial charge in [0, 0.05) is 37.3 Å². The molecule has 1 amide bonds. The number of ether oxygens (including phenoxy) is 2. The molecule has 0 atom stereocenters. The Balaban J connectivity index is 1.47. The Morgan fingerprint density at radius 2 is 2.13 bits per heavy atom. The van der Waals surface area contributed by atoms with Crippen LogP contribution in [0.4, 0.5) is 5.69 Å². The van der Waals surface area contributed by atoms with Gasteiger partial charge < -0.3 is 19.2 Å². The Hall–Kier alpha value is -3.15. The Morgan fingerprint density at radius 3 is 2.90 bits per heavy atom. The summed E-state index contributed by atoms with van der Waals surface area (Å²) >= 11 is 1.44. The van der Waals surface area contributed by atoms with Crippen molar-refractivity contribution in [3.63, 3.8) is 0 Å². The van der Waals surface area contributed by atoms with Gasteiger partial charge in [-0.1, -0.05) is 0 Å². The van der Waals surface area contributed by atoms with Crippen molar-refractivity contribution >= 4 is 35.4 Å². The minimum absolute atomic E-state index is 0.154. The molecule has 0 unspecified atom stereocenters. The van der Waals surface area contributed by atoms with E-state index in [0.29, 0.717) is 48.5 Å². The fraction of sp³-hybridized carbons (Fsp3) is 0.316. The van der Waals surface area contributed by atoms with Crippen LogP contribution in [0.2, 0.25) is 0 Å². The standard InChI is InChI=1S/C19H20N6O4S/c1-27-7-8-28-6-5-25-12-14(17(24-25)19-20-4-9-30-19)23-18(26)16-3-2-15(29-16)13-10-21-22-11-13/h2-4,9-13H,5-8H2,1H3,(H,23,26). The fourth-order valence-corrected chi connectivity index (χ4v) is 3.41. The van der Waals surface area contributed by atoms with Crippen molar-refractivity contribution in [1.82, 2.24) is 14.8 Å². The Labute approximate surface area is 176 Å². The van der Waals surface area contributed by atoms with Crippen molar-refractivity contribution in [2.75, 3.05) is 32.2 Å². The largest absolute Gasteiger partial charge is 0.455 e. The predicted octanol–water partition coefficient (Wildman–Crippen LogP) is 2.67. The second kappa shape index (κ2) is 9.57. The van der Waals surface area contributed by atoms with E-state index in [1.165, 1.54) is 11.3 Å². The van der Waals surface area contributed by atoms with Crippen LogP contribution >= 0.6 is 11.3 Å². The Bertz CT molecular complexity index is 1030. The van der Waals surface area contributed by atoms with E-state index >= 15 is 0 Å². The van der Waals surface area contributed by atoms with E-state index in [1.54, 1.807) is 48.7 Å². The lowest BCUT2D eigenvalue weighted by atomic mass is 10.1. The third-order valence-corrected chi connectivity index (χ3v) is 5.02. The first-order chi connectivity index (χ1) is 14.7. The molecule has 4 heterocycles. The van der Waals surface area contributed by atoms with E-state index in [9.17, 15) is 4.79 Å². The van der Waals surface area contributed by atoms with Crippen LogP contribution in [0.25, 0.3) is 10.7 Å². The topological polar surface area (TPSA) is 116 Å². The number of methoxy groups -OCH3 is 1. The molecule has 0 bridgehead atoms. The van der Waals surface area contributed by atoms with Gasteiger partial charge in [-0.2, -0.15) is 15.3 Å². The number of hydrogen-bond acceptors (Lipinski definition) is 9. The van der Waals surface area contributed by atoms with Gasteiger partial charge in [0.25, 0.3) is 5.91 Å². The van der Waals surface area contributed by atoms with Crippen molar-refractivity contribution in [2.24, 2.45) is 10.2 Å². The number of amides is 1. The summed E-state index contributed by atoms with van der Waals surface area (Å²) in [7, 11) is 1.63. The summed E-state index contributed by atoms with van der Waals surface area (Å²) < 4.78 is 17.9. The molecule has 1 aliphatic heterocycles. The average Bonchev–Trinajstić information content (AvgIpc) is 3.54. The van der Waals surface area contributed by atoms with Gasteiger partial charge in [-0.25, -0.2) is 4.98 Å². The highest BCUT2D eigenvalue weighted by atomic mass is 32.1. The minimum atomic E-state index is -0.373. The van der Waals surface area contributed by atoms with Crippen LogP contribution in [0, 0.1) is 0 Å². The number of anilines is 1. The summed E-state index contributed by atoms with van der Waals surface area (Å²) in [5, 5.41) is 17.6. The monoisotopic (exact) mass is 428 g/mol. The molecular formula is C19H20N6O4S. The van der Waals surface area contributed by atoms with E-state index in [1.807, 2.05) is 5.38 Å². The molecule has 30 heavy (non-hydrogen) atoms. The molecule has 0 radical (unpaired) electrons. The third kappa shape index (κ3) is 4.70. The van der Waals surface area contributed by atoms with Crippen LogP contribution in [0.1, 0.15) is 22.2 Å². The van der Waals surface area contributed by atoms with Crippen LogP contribution in [-0.4, -0.2) is 60.0 Å². The first-order valence-electron chi connectivity index (χ1n) is 9.26. The van der Waals surface area contributed by atoms with E-state index in [-0.39, 0.29) is 17.6 Å². The highest BCUT2D eigenvalue weighted by Gasteiger charge is 2.21. The molecule has 0 saturated heterocycles. The van der Waals surface area contributed by atoms with E-state index < -0.39 is 0 Å². The van der Waals surface area contributed by atoms with Crippen molar-refractivity contribution < 1.29 is 18.7 Å². The highest BCUT2D eigenvalue weighted by molar-refractivity contribution is 7.13.